The van der Waals surface area contributed by atoms with Crippen LogP contribution >= 0.6 is 0 Å². The minimum absolute atomic E-state index is 0.0900. The molecular formula is C18H22N2O6S. The fraction of sp³-hybridized carbons (Fsp3) is 0.500. The smallest absolute Gasteiger partial charge is 0.324 e. The summed E-state index contributed by atoms with van der Waals surface area (Å²) in [6, 6.07) is 4.16. The molecule has 1 aromatic carbocycles. The van der Waals surface area contributed by atoms with E-state index in [1.165, 1.54) is 38.2 Å². The van der Waals surface area contributed by atoms with Gasteiger partial charge in [0.05, 0.1) is 12.0 Å². The lowest BCUT2D eigenvalue weighted by Gasteiger charge is -2.27. The third-order valence-corrected chi connectivity index (χ3v) is 6.96. The van der Waals surface area contributed by atoms with Crippen LogP contribution in [0.25, 0.3) is 0 Å². The Bertz CT molecular complexity index is 876. The molecule has 1 saturated carbocycles. The first-order chi connectivity index (χ1) is 12.8. The predicted octanol–water partition coefficient (Wildman–Crippen LogP) is 2.65. The number of benzene rings is 1. The molecular weight excluding hydrogens is 372 g/mol. The van der Waals surface area contributed by atoms with Gasteiger partial charge in [-0.25, -0.2) is 8.42 Å². The van der Waals surface area contributed by atoms with Gasteiger partial charge in [0.1, 0.15) is 6.04 Å². The summed E-state index contributed by atoms with van der Waals surface area (Å²) in [6.45, 7) is 0.0900. The van der Waals surface area contributed by atoms with Crippen molar-refractivity contribution < 1.29 is 22.9 Å². The topological polar surface area (TPSA) is 107 Å². The van der Waals surface area contributed by atoms with Gasteiger partial charge in [0.15, 0.2) is 4.90 Å². The van der Waals surface area contributed by atoms with Gasteiger partial charge in [-0.3, -0.25) is 14.9 Å². The van der Waals surface area contributed by atoms with Crippen molar-refractivity contribution in [1.82, 2.24) is 4.31 Å². The highest BCUT2D eigenvalue weighted by atomic mass is 32.2. The summed E-state index contributed by atoms with van der Waals surface area (Å²) in [5.74, 6) is -0.0210. The molecule has 0 N–H and O–H groups in total. The number of rotatable bonds is 6. The molecule has 1 aliphatic heterocycles. The summed E-state index contributed by atoms with van der Waals surface area (Å²) >= 11 is 0. The molecule has 2 aliphatic rings. The van der Waals surface area contributed by atoms with Crippen molar-refractivity contribution in [3.05, 3.63) is 46.0 Å². The number of nitro groups is 1. The standard InChI is InChI=1S/C18H22N2O6S/c1-26-18(21)16-9-8-14(12-13-6-7-13)10-11-19(16)27(24,25)17-5-3-2-4-15(17)20(22)23/h2-5,8,13,16H,6-7,9-12H2,1H3/t16-/m0/s1. The third-order valence-electron chi connectivity index (χ3n) is 5.00. The summed E-state index contributed by atoms with van der Waals surface area (Å²) in [6.07, 6.45) is 5.90. The number of hydrogen-bond donors (Lipinski definition) is 0. The molecule has 1 aromatic rings. The van der Waals surface area contributed by atoms with Crippen LogP contribution < -0.4 is 0 Å². The molecule has 0 saturated heterocycles. The van der Waals surface area contributed by atoms with E-state index in [0.717, 1.165) is 22.4 Å². The third kappa shape index (κ3) is 4.19. The monoisotopic (exact) mass is 394 g/mol. The number of sulfonamides is 1. The minimum Gasteiger partial charge on any atom is -0.468 e. The molecule has 0 bridgehead atoms. The Morgan fingerprint density at radius 2 is 2.04 bits per heavy atom. The Balaban J connectivity index is 1.96. The molecule has 3 rings (SSSR count). The maximum Gasteiger partial charge on any atom is 0.324 e. The van der Waals surface area contributed by atoms with Gasteiger partial charge in [0, 0.05) is 12.6 Å². The number of methoxy groups -OCH3 is 1. The second kappa shape index (κ2) is 7.77. The van der Waals surface area contributed by atoms with E-state index in [4.69, 9.17) is 4.74 Å². The van der Waals surface area contributed by atoms with Crippen molar-refractivity contribution in [2.45, 2.75) is 43.0 Å². The molecule has 0 spiro atoms. The van der Waals surface area contributed by atoms with Gasteiger partial charge in [-0.05, 0) is 44.1 Å². The van der Waals surface area contributed by atoms with Crippen LogP contribution in [-0.2, 0) is 19.6 Å². The number of carbonyl (C=O) groups is 1. The van der Waals surface area contributed by atoms with Gasteiger partial charge in [-0.2, -0.15) is 4.31 Å². The first-order valence-electron chi connectivity index (χ1n) is 8.85. The normalized spacial score (nSPS) is 21.2. The van der Waals surface area contributed by atoms with E-state index >= 15 is 0 Å². The molecule has 1 atom stereocenters. The summed E-state index contributed by atoms with van der Waals surface area (Å²) in [5, 5.41) is 11.3. The number of esters is 1. The van der Waals surface area contributed by atoms with Gasteiger partial charge < -0.3 is 4.74 Å². The molecule has 1 aliphatic carbocycles. The van der Waals surface area contributed by atoms with Crippen molar-refractivity contribution in [1.29, 1.82) is 0 Å². The van der Waals surface area contributed by atoms with Crippen molar-refractivity contribution in [3.8, 4) is 0 Å². The number of carbonyl (C=O) groups excluding carboxylic acids is 1. The van der Waals surface area contributed by atoms with Gasteiger partial charge in [0.25, 0.3) is 15.7 Å². The summed E-state index contributed by atoms with van der Waals surface area (Å²) in [7, 11) is -3.04. The quantitative estimate of drug-likeness (QED) is 0.318. The molecule has 8 nitrogen and oxygen atoms in total. The average molecular weight is 394 g/mol. The zero-order valence-electron chi connectivity index (χ0n) is 15.0. The van der Waals surface area contributed by atoms with E-state index < -0.39 is 37.5 Å². The van der Waals surface area contributed by atoms with E-state index in [-0.39, 0.29) is 13.0 Å². The van der Waals surface area contributed by atoms with E-state index in [1.54, 1.807) is 0 Å². The van der Waals surface area contributed by atoms with Crippen LogP contribution in [0.1, 0.15) is 32.1 Å². The molecule has 146 valence electrons. The zero-order valence-corrected chi connectivity index (χ0v) is 15.9. The van der Waals surface area contributed by atoms with Gasteiger partial charge in [-0.1, -0.05) is 23.8 Å². The zero-order chi connectivity index (χ0) is 19.6. The lowest BCUT2D eigenvalue weighted by Crippen LogP contribution is -2.45. The fourth-order valence-electron chi connectivity index (χ4n) is 3.38. The largest absolute Gasteiger partial charge is 0.468 e. The number of para-hydroxylation sites is 1. The molecule has 0 amide bonds. The van der Waals surface area contributed by atoms with Crippen LogP contribution in [0.5, 0.6) is 0 Å². The Hall–Kier alpha value is -2.26. The van der Waals surface area contributed by atoms with Crippen LogP contribution in [0.3, 0.4) is 0 Å². The summed E-state index contributed by atoms with van der Waals surface area (Å²) in [5.41, 5.74) is 0.628. The fourth-order valence-corrected chi connectivity index (χ4v) is 5.12. The van der Waals surface area contributed by atoms with Gasteiger partial charge >= 0.3 is 5.97 Å². The maximum absolute atomic E-state index is 13.2. The number of nitrogens with zero attached hydrogens (tertiary/aromatic N) is 2. The number of nitro benzene ring substituents is 1. The van der Waals surface area contributed by atoms with Crippen LogP contribution in [-0.4, -0.2) is 43.3 Å². The summed E-state index contributed by atoms with van der Waals surface area (Å²) < 4.78 is 32.3. The molecule has 0 unspecified atom stereocenters. The highest BCUT2D eigenvalue weighted by molar-refractivity contribution is 7.89. The van der Waals surface area contributed by atoms with Crippen molar-refractivity contribution in [2.24, 2.45) is 5.92 Å². The Morgan fingerprint density at radius 3 is 2.67 bits per heavy atom. The van der Waals surface area contributed by atoms with Crippen LogP contribution in [0.4, 0.5) is 5.69 Å². The molecule has 1 heterocycles. The number of hydrogen-bond acceptors (Lipinski definition) is 6. The van der Waals surface area contributed by atoms with Crippen LogP contribution in [0, 0.1) is 16.0 Å². The lowest BCUT2D eigenvalue weighted by atomic mass is 10.0. The van der Waals surface area contributed by atoms with E-state index in [1.807, 2.05) is 6.08 Å². The molecule has 1 fully saturated rings. The van der Waals surface area contributed by atoms with Crippen molar-refractivity contribution in [2.75, 3.05) is 13.7 Å². The highest BCUT2D eigenvalue weighted by Crippen LogP contribution is 2.38. The van der Waals surface area contributed by atoms with E-state index in [2.05, 4.69) is 0 Å². The Kier molecular flexibility index (Phi) is 5.61. The van der Waals surface area contributed by atoms with E-state index in [0.29, 0.717) is 12.3 Å². The number of ether oxygens (including phenoxy) is 1. The first-order valence-corrected chi connectivity index (χ1v) is 10.3. The second-order valence-electron chi connectivity index (χ2n) is 6.88. The molecule has 0 aromatic heterocycles. The Labute approximate surface area is 158 Å². The van der Waals surface area contributed by atoms with Crippen molar-refractivity contribution in [3.63, 3.8) is 0 Å². The lowest BCUT2D eigenvalue weighted by molar-refractivity contribution is -0.387. The van der Waals surface area contributed by atoms with Crippen molar-refractivity contribution >= 4 is 21.7 Å². The van der Waals surface area contributed by atoms with Gasteiger partial charge in [-0.15, -0.1) is 0 Å². The van der Waals surface area contributed by atoms with Crippen LogP contribution in [0.2, 0.25) is 0 Å². The minimum atomic E-state index is -4.24. The second-order valence-corrected chi connectivity index (χ2v) is 8.73. The molecule has 9 heteroatoms. The predicted molar refractivity (Wildman–Crippen MR) is 97.5 cm³/mol. The highest BCUT2D eigenvalue weighted by Gasteiger charge is 2.40. The molecule has 27 heavy (non-hydrogen) atoms. The van der Waals surface area contributed by atoms with Gasteiger partial charge in [0.2, 0.25) is 0 Å². The first kappa shape index (κ1) is 19.5. The SMILES string of the molecule is COC(=O)[C@@H]1CC=C(CC2CC2)CCN1S(=O)(=O)c1ccccc1[N+](=O)[O-]. The van der Waals surface area contributed by atoms with Crippen LogP contribution in [0.15, 0.2) is 40.8 Å². The Morgan fingerprint density at radius 1 is 1.33 bits per heavy atom. The average Bonchev–Trinajstić information content (AvgIpc) is 3.48. The van der Waals surface area contributed by atoms with E-state index in [9.17, 15) is 23.3 Å². The summed E-state index contributed by atoms with van der Waals surface area (Å²) in [4.78, 5) is 22.4. The maximum atomic E-state index is 13.2. The molecule has 0 radical (unpaired) electrons.